The average Bonchev–Trinajstić information content (AvgIpc) is 3.64. The highest BCUT2D eigenvalue weighted by Gasteiger charge is 2.23. The molecule has 3 aromatic carbocycles. The first-order valence-corrected chi connectivity index (χ1v) is 14.3. The fourth-order valence-electron chi connectivity index (χ4n) is 5.73. The molecule has 7 rings (SSSR count). The fraction of sp³-hybridized carbons (Fsp3) is 0.188. The number of benzene rings is 3. The predicted molar refractivity (Wildman–Crippen MR) is 161 cm³/mol. The standard InChI is InChI=1S/C32H24Cl2N4O3/c33-23-10-6-19(15-24(23)34)27-17-30(41-37-27)26-12-7-18-14-20(8-11-25(18)35-26)31-36-28-16-21(32(39)40)9-13-29(28)38(31)22-4-2-1-3-5-22/h6-17,22H,1-5H2,(H,39,40). The van der Waals surface area contributed by atoms with Gasteiger partial charge < -0.3 is 14.2 Å². The third kappa shape index (κ3) is 4.75. The number of hydrogen-bond donors (Lipinski definition) is 1. The molecule has 9 heteroatoms. The molecule has 0 radical (unpaired) electrons. The van der Waals surface area contributed by atoms with Crippen molar-refractivity contribution in [1.29, 1.82) is 0 Å². The maximum atomic E-state index is 11.6. The van der Waals surface area contributed by atoms with Crippen molar-refractivity contribution in [2.75, 3.05) is 0 Å². The number of nitrogens with zero attached hydrogens (tertiary/aromatic N) is 4. The van der Waals surface area contributed by atoms with E-state index in [0.29, 0.717) is 38.8 Å². The Labute approximate surface area is 245 Å². The normalized spacial score (nSPS) is 14.2. The summed E-state index contributed by atoms with van der Waals surface area (Å²) >= 11 is 12.2. The van der Waals surface area contributed by atoms with E-state index in [4.69, 9.17) is 37.7 Å². The number of carboxylic acids is 1. The van der Waals surface area contributed by atoms with E-state index in [1.54, 1.807) is 24.3 Å². The van der Waals surface area contributed by atoms with Gasteiger partial charge in [0.05, 0.1) is 32.2 Å². The van der Waals surface area contributed by atoms with Crippen molar-refractivity contribution in [2.45, 2.75) is 38.1 Å². The van der Waals surface area contributed by atoms with Crippen molar-refractivity contribution in [1.82, 2.24) is 19.7 Å². The molecule has 3 heterocycles. The second-order valence-corrected chi connectivity index (χ2v) is 11.2. The first-order valence-electron chi connectivity index (χ1n) is 13.5. The van der Waals surface area contributed by atoms with E-state index in [1.807, 2.05) is 42.5 Å². The van der Waals surface area contributed by atoms with E-state index in [1.165, 1.54) is 19.3 Å². The fourth-order valence-corrected chi connectivity index (χ4v) is 6.03. The van der Waals surface area contributed by atoms with Crippen LogP contribution < -0.4 is 0 Å². The lowest BCUT2D eigenvalue weighted by Crippen LogP contribution is -2.14. The van der Waals surface area contributed by atoms with Crippen LogP contribution >= 0.6 is 23.2 Å². The molecule has 1 N–H and O–H groups in total. The van der Waals surface area contributed by atoms with Crippen LogP contribution in [0.1, 0.15) is 48.5 Å². The zero-order valence-electron chi connectivity index (χ0n) is 21.8. The third-order valence-corrected chi connectivity index (χ3v) is 8.54. The van der Waals surface area contributed by atoms with Crippen LogP contribution in [0.4, 0.5) is 0 Å². The van der Waals surface area contributed by atoms with E-state index < -0.39 is 5.97 Å². The zero-order valence-corrected chi connectivity index (χ0v) is 23.4. The van der Waals surface area contributed by atoms with Gasteiger partial charge in [-0.1, -0.05) is 59.8 Å². The van der Waals surface area contributed by atoms with Crippen LogP contribution in [-0.4, -0.2) is 30.8 Å². The van der Waals surface area contributed by atoms with E-state index in [-0.39, 0.29) is 5.56 Å². The summed E-state index contributed by atoms with van der Waals surface area (Å²) in [5.41, 5.74) is 5.79. The molecule has 3 aromatic heterocycles. The Bertz CT molecular complexity index is 1960. The van der Waals surface area contributed by atoms with E-state index in [9.17, 15) is 9.90 Å². The number of halogens is 2. The number of aromatic carboxylic acids is 1. The molecule has 0 unspecified atom stereocenters. The average molecular weight is 583 g/mol. The van der Waals surface area contributed by atoms with Crippen LogP contribution in [0.15, 0.2) is 77.3 Å². The van der Waals surface area contributed by atoms with Crippen LogP contribution in [0.2, 0.25) is 10.0 Å². The lowest BCUT2D eigenvalue weighted by molar-refractivity contribution is 0.0697. The summed E-state index contributed by atoms with van der Waals surface area (Å²) in [6.07, 6.45) is 5.76. The highest BCUT2D eigenvalue weighted by molar-refractivity contribution is 6.42. The molecule has 0 saturated heterocycles. The number of carbonyl (C=O) groups is 1. The minimum absolute atomic E-state index is 0.238. The number of fused-ring (bicyclic) bond motifs is 2. The first kappa shape index (κ1) is 25.7. The largest absolute Gasteiger partial charge is 0.478 e. The molecule has 0 bridgehead atoms. The maximum Gasteiger partial charge on any atom is 0.335 e. The van der Waals surface area contributed by atoms with Gasteiger partial charge in [-0.25, -0.2) is 14.8 Å². The van der Waals surface area contributed by atoms with Crippen molar-refractivity contribution in [3.05, 3.63) is 88.4 Å². The quantitative estimate of drug-likeness (QED) is 0.218. The van der Waals surface area contributed by atoms with E-state index in [2.05, 4.69) is 15.8 Å². The summed E-state index contributed by atoms with van der Waals surface area (Å²) < 4.78 is 7.92. The second kappa shape index (κ2) is 10.3. The number of rotatable bonds is 5. The Balaban J connectivity index is 1.27. The molecular weight excluding hydrogens is 559 g/mol. The second-order valence-electron chi connectivity index (χ2n) is 10.4. The molecule has 7 nitrogen and oxygen atoms in total. The summed E-state index contributed by atoms with van der Waals surface area (Å²) in [5.74, 6) is 0.441. The Kier molecular flexibility index (Phi) is 6.48. The van der Waals surface area contributed by atoms with Gasteiger partial charge in [0.2, 0.25) is 0 Å². The number of pyridine rings is 1. The van der Waals surface area contributed by atoms with Gasteiger partial charge in [0.25, 0.3) is 0 Å². The maximum absolute atomic E-state index is 11.6. The molecule has 0 amide bonds. The molecule has 204 valence electrons. The van der Waals surface area contributed by atoms with Crippen LogP contribution in [0.25, 0.3) is 56.0 Å². The SMILES string of the molecule is O=C(O)c1ccc2c(c1)nc(-c1ccc3nc(-c4cc(-c5ccc(Cl)c(Cl)c5)no4)ccc3c1)n2C1CCCCC1. The van der Waals surface area contributed by atoms with Gasteiger partial charge in [-0.3, -0.25) is 0 Å². The molecule has 0 spiro atoms. The monoisotopic (exact) mass is 582 g/mol. The van der Waals surface area contributed by atoms with Gasteiger partial charge in [0, 0.05) is 28.6 Å². The van der Waals surface area contributed by atoms with Gasteiger partial charge in [0.15, 0.2) is 5.76 Å². The van der Waals surface area contributed by atoms with Crippen molar-refractivity contribution >= 4 is 51.1 Å². The Morgan fingerprint density at radius 2 is 1.63 bits per heavy atom. The van der Waals surface area contributed by atoms with Gasteiger partial charge in [0.1, 0.15) is 17.2 Å². The minimum Gasteiger partial charge on any atom is -0.478 e. The lowest BCUT2D eigenvalue weighted by Gasteiger charge is -2.25. The van der Waals surface area contributed by atoms with E-state index in [0.717, 1.165) is 46.2 Å². The van der Waals surface area contributed by atoms with Crippen molar-refractivity contribution in [3.8, 4) is 34.1 Å². The summed E-state index contributed by atoms with van der Waals surface area (Å²) in [7, 11) is 0. The zero-order chi connectivity index (χ0) is 28.1. The molecule has 1 saturated carbocycles. The summed E-state index contributed by atoms with van der Waals surface area (Å²) in [4.78, 5) is 21.4. The van der Waals surface area contributed by atoms with Crippen LogP contribution in [0.3, 0.4) is 0 Å². The Hall–Kier alpha value is -4.20. The van der Waals surface area contributed by atoms with Gasteiger partial charge in [-0.05, 0) is 67.4 Å². The summed E-state index contributed by atoms with van der Waals surface area (Å²) in [6, 6.07) is 22.7. The molecule has 0 atom stereocenters. The molecule has 1 fully saturated rings. The number of hydrogen-bond acceptors (Lipinski definition) is 5. The van der Waals surface area contributed by atoms with Gasteiger partial charge >= 0.3 is 5.97 Å². The molecule has 6 aromatic rings. The molecular formula is C32H24Cl2N4O3. The van der Waals surface area contributed by atoms with Crippen LogP contribution in [0.5, 0.6) is 0 Å². The summed E-state index contributed by atoms with van der Waals surface area (Å²) in [5, 5.41) is 15.6. The Morgan fingerprint density at radius 1 is 0.805 bits per heavy atom. The predicted octanol–water partition coefficient (Wildman–Crippen LogP) is 9.08. The topological polar surface area (TPSA) is 94.0 Å². The van der Waals surface area contributed by atoms with Gasteiger partial charge in [-0.2, -0.15) is 0 Å². The summed E-state index contributed by atoms with van der Waals surface area (Å²) in [6.45, 7) is 0. The third-order valence-electron chi connectivity index (χ3n) is 7.80. The lowest BCUT2D eigenvalue weighted by atomic mass is 9.94. The minimum atomic E-state index is -0.955. The number of carboxylic acid groups (broad SMARTS) is 1. The molecule has 1 aliphatic rings. The highest BCUT2D eigenvalue weighted by Crippen LogP contribution is 2.37. The first-order chi connectivity index (χ1) is 19.9. The smallest absolute Gasteiger partial charge is 0.335 e. The number of aromatic nitrogens is 4. The van der Waals surface area contributed by atoms with Crippen molar-refractivity contribution in [3.63, 3.8) is 0 Å². The van der Waals surface area contributed by atoms with Crippen LogP contribution in [0, 0.1) is 0 Å². The number of imidazole rings is 1. The van der Waals surface area contributed by atoms with Crippen molar-refractivity contribution in [2.24, 2.45) is 0 Å². The Morgan fingerprint density at radius 3 is 2.44 bits per heavy atom. The molecule has 1 aliphatic carbocycles. The van der Waals surface area contributed by atoms with E-state index >= 15 is 0 Å². The highest BCUT2D eigenvalue weighted by atomic mass is 35.5. The van der Waals surface area contributed by atoms with Crippen LogP contribution in [-0.2, 0) is 0 Å². The molecule has 41 heavy (non-hydrogen) atoms. The van der Waals surface area contributed by atoms with Crippen molar-refractivity contribution < 1.29 is 14.4 Å². The van der Waals surface area contributed by atoms with Gasteiger partial charge in [-0.15, -0.1) is 0 Å². The molecule has 0 aliphatic heterocycles.